The second-order valence-corrected chi connectivity index (χ2v) is 4.57. The summed E-state index contributed by atoms with van der Waals surface area (Å²) >= 11 is 1.62. The maximum Gasteiger partial charge on any atom is 0.132 e. The van der Waals surface area contributed by atoms with Gasteiger partial charge in [0.2, 0.25) is 0 Å². The van der Waals surface area contributed by atoms with Gasteiger partial charge < -0.3 is 0 Å². The van der Waals surface area contributed by atoms with Gasteiger partial charge in [0.1, 0.15) is 5.82 Å². The molecule has 17 heavy (non-hydrogen) atoms. The van der Waals surface area contributed by atoms with Crippen LogP contribution in [0.1, 0.15) is 0 Å². The van der Waals surface area contributed by atoms with Crippen LogP contribution >= 0.6 is 11.3 Å². The molecular weight excluding hydrogens is 235 g/mol. The molecule has 0 fully saturated rings. The van der Waals surface area contributed by atoms with Crippen LogP contribution in [0.2, 0.25) is 0 Å². The fraction of sp³-hybridized carbons (Fsp3) is 0. The second kappa shape index (κ2) is 4.14. The van der Waals surface area contributed by atoms with Gasteiger partial charge in [0.05, 0.1) is 16.3 Å². The van der Waals surface area contributed by atoms with Crippen LogP contribution in [0.25, 0.3) is 21.8 Å². The molecule has 0 unspecified atom stereocenters. The third kappa shape index (κ3) is 1.87. The average Bonchev–Trinajstić information content (AvgIpc) is 3.00. The Bertz CT molecular complexity index is 628. The van der Waals surface area contributed by atoms with E-state index in [1.807, 2.05) is 23.6 Å². The van der Waals surface area contributed by atoms with Crippen molar-refractivity contribution in [2.45, 2.75) is 0 Å². The van der Waals surface area contributed by atoms with E-state index in [2.05, 4.69) is 10.2 Å². The first-order valence-corrected chi connectivity index (χ1v) is 6.07. The number of aromatic amines is 1. The van der Waals surface area contributed by atoms with Crippen molar-refractivity contribution in [1.29, 1.82) is 0 Å². The van der Waals surface area contributed by atoms with Crippen molar-refractivity contribution in [1.82, 2.24) is 10.2 Å². The Morgan fingerprint density at radius 1 is 1.12 bits per heavy atom. The first-order valence-electron chi connectivity index (χ1n) is 5.19. The Morgan fingerprint density at radius 2 is 2.00 bits per heavy atom. The smallest absolute Gasteiger partial charge is 0.132 e. The van der Waals surface area contributed by atoms with Gasteiger partial charge in [0, 0.05) is 5.56 Å². The van der Waals surface area contributed by atoms with E-state index >= 15 is 0 Å². The van der Waals surface area contributed by atoms with Gasteiger partial charge in [-0.2, -0.15) is 5.10 Å². The second-order valence-electron chi connectivity index (χ2n) is 3.62. The van der Waals surface area contributed by atoms with Crippen LogP contribution in [0.4, 0.5) is 4.39 Å². The molecule has 0 radical (unpaired) electrons. The summed E-state index contributed by atoms with van der Waals surface area (Å²) in [5, 5.41) is 9.07. The lowest BCUT2D eigenvalue weighted by atomic mass is 10.1. The number of hydrogen-bond donors (Lipinski definition) is 1. The van der Waals surface area contributed by atoms with Crippen LogP contribution in [-0.2, 0) is 0 Å². The Balaban J connectivity index is 2.04. The largest absolute Gasteiger partial charge is 0.276 e. The van der Waals surface area contributed by atoms with Crippen LogP contribution in [0.5, 0.6) is 0 Å². The third-order valence-electron chi connectivity index (χ3n) is 2.51. The van der Waals surface area contributed by atoms with Crippen LogP contribution in [0.3, 0.4) is 0 Å². The van der Waals surface area contributed by atoms with Gasteiger partial charge in [-0.1, -0.05) is 18.2 Å². The number of benzene rings is 1. The number of hydrogen-bond acceptors (Lipinski definition) is 2. The van der Waals surface area contributed by atoms with Gasteiger partial charge in [-0.05, 0) is 29.6 Å². The highest BCUT2D eigenvalue weighted by Crippen LogP contribution is 2.27. The lowest BCUT2D eigenvalue weighted by molar-refractivity contribution is 0.630. The molecule has 0 aliphatic rings. The van der Waals surface area contributed by atoms with Gasteiger partial charge in [-0.3, -0.25) is 5.10 Å². The number of nitrogens with one attached hydrogen (secondary N) is 1. The summed E-state index contributed by atoms with van der Waals surface area (Å²) < 4.78 is 13.6. The Kier molecular flexibility index (Phi) is 2.49. The zero-order valence-corrected chi connectivity index (χ0v) is 9.67. The van der Waals surface area contributed by atoms with E-state index in [1.54, 1.807) is 29.5 Å². The first-order chi connectivity index (χ1) is 8.34. The highest BCUT2D eigenvalue weighted by molar-refractivity contribution is 7.13. The zero-order chi connectivity index (χ0) is 11.7. The van der Waals surface area contributed by atoms with Crippen molar-refractivity contribution < 1.29 is 4.39 Å². The summed E-state index contributed by atoms with van der Waals surface area (Å²) in [7, 11) is 0. The Labute approximate surface area is 102 Å². The molecule has 0 atom stereocenters. The molecule has 2 heterocycles. The molecule has 3 rings (SSSR count). The quantitative estimate of drug-likeness (QED) is 0.726. The monoisotopic (exact) mass is 244 g/mol. The summed E-state index contributed by atoms with van der Waals surface area (Å²) in [6, 6.07) is 12.5. The molecule has 0 saturated heterocycles. The molecule has 1 aromatic carbocycles. The predicted molar refractivity (Wildman–Crippen MR) is 67.3 cm³/mol. The van der Waals surface area contributed by atoms with Crippen LogP contribution < -0.4 is 0 Å². The van der Waals surface area contributed by atoms with Gasteiger partial charge >= 0.3 is 0 Å². The normalized spacial score (nSPS) is 10.6. The number of rotatable bonds is 2. The Hall–Kier alpha value is -1.94. The first kappa shape index (κ1) is 10.2. The zero-order valence-electron chi connectivity index (χ0n) is 8.85. The topological polar surface area (TPSA) is 28.7 Å². The summed E-state index contributed by atoms with van der Waals surface area (Å²) in [6.45, 7) is 0. The minimum Gasteiger partial charge on any atom is -0.276 e. The van der Waals surface area contributed by atoms with Crippen molar-refractivity contribution >= 4 is 11.3 Å². The molecule has 1 N–H and O–H groups in total. The fourth-order valence-corrected chi connectivity index (χ4v) is 2.38. The molecule has 3 aromatic rings. The molecule has 84 valence electrons. The fourth-order valence-electron chi connectivity index (χ4n) is 1.69. The Morgan fingerprint density at radius 3 is 2.76 bits per heavy atom. The molecule has 0 amide bonds. The SMILES string of the molecule is Fc1ccccc1-c1cc(-c2cccs2)[nH]n1. The molecule has 0 bridgehead atoms. The van der Waals surface area contributed by atoms with E-state index in [4.69, 9.17) is 0 Å². The molecule has 4 heteroatoms. The molecule has 0 saturated carbocycles. The van der Waals surface area contributed by atoms with E-state index in [0.717, 1.165) is 10.6 Å². The lowest BCUT2D eigenvalue weighted by Crippen LogP contribution is -1.82. The van der Waals surface area contributed by atoms with Crippen molar-refractivity contribution in [3.8, 4) is 21.8 Å². The third-order valence-corrected chi connectivity index (χ3v) is 3.42. The summed E-state index contributed by atoms with van der Waals surface area (Å²) in [5.41, 5.74) is 2.07. The number of halogens is 1. The van der Waals surface area contributed by atoms with Crippen LogP contribution in [0.15, 0.2) is 47.8 Å². The highest BCUT2D eigenvalue weighted by Gasteiger charge is 2.09. The molecule has 2 nitrogen and oxygen atoms in total. The number of thiophene rings is 1. The molecule has 2 aromatic heterocycles. The minimum atomic E-state index is -0.253. The van der Waals surface area contributed by atoms with E-state index < -0.39 is 0 Å². The predicted octanol–water partition coefficient (Wildman–Crippen LogP) is 3.94. The molecule has 0 spiro atoms. The van der Waals surface area contributed by atoms with Crippen LogP contribution in [0, 0.1) is 5.82 Å². The summed E-state index contributed by atoms with van der Waals surface area (Å²) in [4.78, 5) is 1.10. The average molecular weight is 244 g/mol. The van der Waals surface area contributed by atoms with Crippen molar-refractivity contribution in [2.75, 3.05) is 0 Å². The van der Waals surface area contributed by atoms with E-state index in [-0.39, 0.29) is 5.82 Å². The summed E-state index contributed by atoms with van der Waals surface area (Å²) in [6.07, 6.45) is 0. The summed E-state index contributed by atoms with van der Waals surface area (Å²) in [5.74, 6) is -0.253. The number of H-pyrrole nitrogens is 1. The van der Waals surface area contributed by atoms with Gasteiger partial charge in [0.25, 0.3) is 0 Å². The van der Waals surface area contributed by atoms with E-state index in [9.17, 15) is 4.39 Å². The van der Waals surface area contributed by atoms with E-state index in [0.29, 0.717) is 11.3 Å². The molecular formula is C13H9FN2S. The van der Waals surface area contributed by atoms with Crippen molar-refractivity contribution in [3.63, 3.8) is 0 Å². The van der Waals surface area contributed by atoms with Gasteiger partial charge in [-0.25, -0.2) is 4.39 Å². The number of nitrogens with zero attached hydrogens (tertiary/aromatic N) is 1. The van der Waals surface area contributed by atoms with Crippen LogP contribution in [-0.4, -0.2) is 10.2 Å². The molecule has 0 aliphatic heterocycles. The highest BCUT2D eigenvalue weighted by atomic mass is 32.1. The maximum absolute atomic E-state index is 13.6. The van der Waals surface area contributed by atoms with Crippen molar-refractivity contribution in [3.05, 3.63) is 53.7 Å². The van der Waals surface area contributed by atoms with E-state index in [1.165, 1.54) is 6.07 Å². The lowest BCUT2D eigenvalue weighted by Gasteiger charge is -1.96. The van der Waals surface area contributed by atoms with Crippen molar-refractivity contribution in [2.24, 2.45) is 0 Å². The molecule has 0 aliphatic carbocycles. The maximum atomic E-state index is 13.6. The standard InChI is InChI=1S/C13H9FN2S/c14-10-5-2-1-4-9(10)11-8-12(16-15-11)13-6-3-7-17-13/h1-8H,(H,15,16). The number of aromatic nitrogens is 2. The van der Waals surface area contributed by atoms with Gasteiger partial charge in [0.15, 0.2) is 0 Å². The minimum absolute atomic E-state index is 0.253. The van der Waals surface area contributed by atoms with Gasteiger partial charge in [-0.15, -0.1) is 11.3 Å².